The molecule has 100 valence electrons. The van der Waals surface area contributed by atoms with E-state index >= 15 is 0 Å². The van der Waals surface area contributed by atoms with Crippen LogP contribution < -0.4 is 5.32 Å². The second kappa shape index (κ2) is 6.85. The van der Waals surface area contributed by atoms with Crippen molar-refractivity contribution < 1.29 is 4.74 Å². The van der Waals surface area contributed by atoms with Gasteiger partial charge in [0.05, 0.1) is 0 Å². The van der Waals surface area contributed by atoms with E-state index in [1.807, 2.05) is 6.07 Å². The third kappa shape index (κ3) is 3.78. The normalized spacial score (nSPS) is 19.1. The van der Waals surface area contributed by atoms with Gasteiger partial charge >= 0.3 is 0 Å². The Kier molecular flexibility index (Phi) is 5.13. The summed E-state index contributed by atoms with van der Waals surface area (Å²) >= 11 is 5.20. The van der Waals surface area contributed by atoms with Crippen LogP contribution in [-0.4, -0.2) is 23.1 Å². The summed E-state index contributed by atoms with van der Waals surface area (Å²) in [7, 11) is 0. The monoisotopic (exact) mass is 267 g/mol. The van der Waals surface area contributed by atoms with Gasteiger partial charge < -0.3 is 15.0 Å². The van der Waals surface area contributed by atoms with Crippen LogP contribution in [0, 0.1) is 4.64 Å². The highest BCUT2D eigenvalue weighted by atomic mass is 32.1. The second-order valence-corrected chi connectivity index (χ2v) is 5.07. The molecule has 0 spiro atoms. The molecule has 2 N–H and O–H groups in total. The van der Waals surface area contributed by atoms with Gasteiger partial charge in [0.25, 0.3) is 0 Å². The number of aromatic amines is 1. The highest BCUT2D eigenvalue weighted by Gasteiger charge is 2.19. The molecule has 2 rings (SSSR count). The van der Waals surface area contributed by atoms with Crippen LogP contribution in [0.3, 0.4) is 0 Å². The van der Waals surface area contributed by atoms with Crippen molar-refractivity contribution in [3.63, 3.8) is 0 Å². The van der Waals surface area contributed by atoms with E-state index in [4.69, 9.17) is 17.0 Å². The Balaban J connectivity index is 1.99. The van der Waals surface area contributed by atoms with Crippen LogP contribution in [0.2, 0.25) is 0 Å². The number of anilines is 1. The lowest BCUT2D eigenvalue weighted by atomic mass is 10.2. The van der Waals surface area contributed by atoms with Crippen LogP contribution in [0.5, 0.6) is 0 Å². The molecule has 0 amide bonds. The van der Waals surface area contributed by atoms with Crippen LogP contribution in [0.25, 0.3) is 0 Å². The van der Waals surface area contributed by atoms with E-state index in [9.17, 15) is 0 Å². The van der Waals surface area contributed by atoms with Crippen LogP contribution in [0.4, 0.5) is 5.82 Å². The SMILES string of the molecule is CCCCCNc1cc(=S)nc(C2CCCO2)[nH]1. The van der Waals surface area contributed by atoms with Crippen LogP contribution in [0.1, 0.15) is 51.0 Å². The van der Waals surface area contributed by atoms with E-state index < -0.39 is 0 Å². The van der Waals surface area contributed by atoms with Crippen molar-refractivity contribution in [3.05, 3.63) is 16.5 Å². The topological polar surface area (TPSA) is 49.9 Å². The fraction of sp³-hybridized carbons (Fsp3) is 0.692. The quantitative estimate of drug-likeness (QED) is 0.611. The molecule has 2 heterocycles. The van der Waals surface area contributed by atoms with Crippen molar-refractivity contribution in [2.45, 2.75) is 45.1 Å². The van der Waals surface area contributed by atoms with Gasteiger partial charge in [0.15, 0.2) is 0 Å². The van der Waals surface area contributed by atoms with E-state index in [0.29, 0.717) is 4.64 Å². The zero-order valence-electron chi connectivity index (χ0n) is 10.9. The largest absolute Gasteiger partial charge is 0.372 e. The van der Waals surface area contributed by atoms with E-state index in [1.165, 1.54) is 19.3 Å². The second-order valence-electron chi connectivity index (χ2n) is 4.65. The first-order chi connectivity index (χ1) is 8.79. The molecule has 4 nitrogen and oxygen atoms in total. The van der Waals surface area contributed by atoms with Gasteiger partial charge in [0.2, 0.25) is 0 Å². The molecule has 1 aliphatic heterocycles. The third-order valence-corrected chi connectivity index (χ3v) is 3.30. The lowest BCUT2D eigenvalue weighted by Crippen LogP contribution is -2.08. The minimum Gasteiger partial charge on any atom is -0.372 e. The van der Waals surface area contributed by atoms with Crippen molar-refractivity contribution in [1.29, 1.82) is 0 Å². The fourth-order valence-electron chi connectivity index (χ4n) is 2.12. The molecule has 5 heteroatoms. The van der Waals surface area contributed by atoms with Gasteiger partial charge in [-0.2, -0.15) is 0 Å². The lowest BCUT2D eigenvalue weighted by Gasteiger charge is -2.12. The predicted molar refractivity (Wildman–Crippen MR) is 75.4 cm³/mol. The maximum absolute atomic E-state index is 5.62. The van der Waals surface area contributed by atoms with E-state index in [-0.39, 0.29) is 6.10 Å². The van der Waals surface area contributed by atoms with Gasteiger partial charge in [0.1, 0.15) is 22.4 Å². The summed E-state index contributed by atoms with van der Waals surface area (Å²) in [5.74, 6) is 1.81. The average molecular weight is 267 g/mol. The molecule has 1 aromatic rings. The Morgan fingerprint density at radius 2 is 2.44 bits per heavy atom. The summed E-state index contributed by atoms with van der Waals surface area (Å²) in [6, 6.07) is 1.87. The van der Waals surface area contributed by atoms with Crippen LogP contribution >= 0.6 is 12.2 Å². The molecule has 0 bridgehead atoms. The molecule has 1 aliphatic rings. The van der Waals surface area contributed by atoms with Gasteiger partial charge in [-0.1, -0.05) is 32.0 Å². The molecule has 1 atom stereocenters. The summed E-state index contributed by atoms with van der Waals surface area (Å²) in [6.45, 7) is 3.99. The van der Waals surface area contributed by atoms with Gasteiger partial charge in [-0.3, -0.25) is 0 Å². The van der Waals surface area contributed by atoms with E-state index in [2.05, 4.69) is 22.2 Å². The highest BCUT2D eigenvalue weighted by Crippen LogP contribution is 2.26. The Morgan fingerprint density at radius 1 is 1.56 bits per heavy atom. The summed E-state index contributed by atoms with van der Waals surface area (Å²) < 4.78 is 6.25. The number of nitrogens with one attached hydrogen (secondary N) is 2. The molecule has 1 unspecified atom stereocenters. The van der Waals surface area contributed by atoms with Crippen LogP contribution in [0.15, 0.2) is 6.07 Å². The minimum atomic E-state index is 0.0871. The maximum Gasteiger partial charge on any atom is 0.138 e. The summed E-state index contributed by atoms with van der Waals surface area (Å²) in [5, 5.41) is 3.37. The number of ether oxygens (including phenoxy) is 1. The van der Waals surface area contributed by atoms with E-state index in [1.54, 1.807) is 0 Å². The van der Waals surface area contributed by atoms with Crippen LogP contribution in [-0.2, 0) is 4.74 Å². The first-order valence-electron chi connectivity index (χ1n) is 6.76. The molecule has 18 heavy (non-hydrogen) atoms. The first-order valence-corrected chi connectivity index (χ1v) is 7.17. The summed E-state index contributed by atoms with van der Waals surface area (Å²) in [4.78, 5) is 7.64. The number of unbranched alkanes of at least 4 members (excludes halogenated alkanes) is 2. The van der Waals surface area contributed by atoms with Crippen molar-refractivity contribution in [3.8, 4) is 0 Å². The molecule has 0 aliphatic carbocycles. The fourth-order valence-corrected chi connectivity index (χ4v) is 2.33. The summed E-state index contributed by atoms with van der Waals surface area (Å²) in [5.41, 5.74) is 0. The molecular formula is C13H21N3OS. The van der Waals surface area contributed by atoms with E-state index in [0.717, 1.165) is 37.6 Å². The predicted octanol–water partition coefficient (Wildman–Crippen LogP) is 3.59. The van der Waals surface area contributed by atoms with Gasteiger partial charge in [-0.15, -0.1) is 0 Å². The lowest BCUT2D eigenvalue weighted by molar-refractivity contribution is 0.105. The number of aromatic nitrogens is 2. The molecule has 1 aromatic heterocycles. The smallest absolute Gasteiger partial charge is 0.138 e. The highest BCUT2D eigenvalue weighted by molar-refractivity contribution is 7.71. The number of H-pyrrole nitrogens is 1. The van der Waals surface area contributed by atoms with Crippen molar-refractivity contribution >= 4 is 18.0 Å². The Bertz CT molecular complexity index is 426. The molecular weight excluding hydrogens is 246 g/mol. The Morgan fingerprint density at radius 3 is 3.17 bits per heavy atom. The van der Waals surface area contributed by atoms with Crippen molar-refractivity contribution in [2.24, 2.45) is 0 Å². The minimum absolute atomic E-state index is 0.0871. The van der Waals surface area contributed by atoms with Gasteiger partial charge in [-0.25, -0.2) is 4.98 Å². The maximum atomic E-state index is 5.62. The standard InChI is InChI=1S/C13H21N3OS/c1-2-3-4-7-14-11-9-12(18)16-13(15-11)10-6-5-8-17-10/h9-10H,2-8H2,1H3,(H2,14,15,16,18). The van der Waals surface area contributed by atoms with Gasteiger partial charge in [-0.05, 0) is 19.3 Å². The molecule has 1 fully saturated rings. The van der Waals surface area contributed by atoms with Crippen molar-refractivity contribution in [2.75, 3.05) is 18.5 Å². The molecule has 1 saturated heterocycles. The zero-order valence-corrected chi connectivity index (χ0v) is 11.7. The number of hydrogen-bond donors (Lipinski definition) is 2. The third-order valence-electron chi connectivity index (χ3n) is 3.09. The summed E-state index contributed by atoms with van der Waals surface area (Å²) in [6.07, 6.45) is 5.86. The van der Waals surface area contributed by atoms with Gasteiger partial charge in [0, 0.05) is 19.2 Å². The average Bonchev–Trinajstić information content (AvgIpc) is 2.88. The van der Waals surface area contributed by atoms with Crippen molar-refractivity contribution in [1.82, 2.24) is 9.97 Å². The zero-order chi connectivity index (χ0) is 12.8. The number of hydrogen-bond acceptors (Lipinski definition) is 4. The molecule has 0 saturated carbocycles. The molecule has 0 radical (unpaired) electrons. The number of nitrogens with zero attached hydrogens (tertiary/aromatic N) is 1. The molecule has 0 aromatic carbocycles. The Labute approximate surface area is 113 Å². The number of rotatable bonds is 6. The first kappa shape index (κ1) is 13.5. The Hall–Kier alpha value is -0.940.